The number of hydrogen-bond acceptors (Lipinski definition) is 4. The van der Waals surface area contributed by atoms with Crippen molar-refractivity contribution in [1.29, 1.82) is 0 Å². The zero-order valence-electron chi connectivity index (χ0n) is 12.2. The maximum atomic E-state index is 12.7. The van der Waals surface area contributed by atoms with Gasteiger partial charge in [-0.25, -0.2) is 0 Å². The van der Waals surface area contributed by atoms with Crippen molar-refractivity contribution in [3.05, 3.63) is 64.7 Å². The van der Waals surface area contributed by atoms with E-state index in [2.05, 4.69) is 5.32 Å². The van der Waals surface area contributed by atoms with E-state index >= 15 is 0 Å². The Morgan fingerprint density at radius 2 is 1.83 bits per heavy atom. The number of nitrogens with zero attached hydrogens (tertiary/aromatic N) is 1. The SMILES string of the molecule is O=C1NC(=S)N(c2ccccc2)C(=O)/C1=C\c1cc(Cl)ccc1O. The molecule has 1 saturated heterocycles. The van der Waals surface area contributed by atoms with Gasteiger partial charge >= 0.3 is 0 Å². The standard InChI is InChI=1S/C17H11ClN2O3S/c18-11-6-7-14(21)10(8-11)9-13-15(22)19-17(24)20(16(13)23)12-4-2-1-3-5-12/h1-9,21H,(H,19,22,24)/b13-9-. The second-order valence-corrected chi connectivity index (χ2v) is 5.82. The van der Waals surface area contributed by atoms with Crippen LogP contribution in [0.4, 0.5) is 5.69 Å². The summed E-state index contributed by atoms with van der Waals surface area (Å²) in [5, 5.41) is 12.7. The van der Waals surface area contributed by atoms with Gasteiger partial charge in [0.15, 0.2) is 5.11 Å². The number of phenols is 1. The van der Waals surface area contributed by atoms with Gasteiger partial charge in [0.1, 0.15) is 11.3 Å². The first-order valence-electron chi connectivity index (χ1n) is 6.92. The molecule has 0 unspecified atom stereocenters. The van der Waals surface area contributed by atoms with E-state index in [1.807, 2.05) is 0 Å². The van der Waals surface area contributed by atoms with Crippen LogP contribution in [0.5, 0.6) is 5.75 Å². The summed E-state index contributed by atoms with van der Waals surface area (Å²) in [5.74, 6) is -1.29. The highest BCUT2D eigenvalue weighted by atomic mass is 35.5. The van der Waals surface area contributed by atoms with Gasteiger partial charge in [0.25, 0.3) is 11.8 Å². The number of halogens is 1. The molecule has 7 heteroatoms. The monoisotopic (exact) mass is 358 g/mol. The molecule has 120 valence electrons. The molecular formula is C17H11ClN2O3S. The molecular weight excluding hydrogens is 348 g/mol. The van der Waals surface area contributed by atoms with E-state index < -0.39 is 11.8 Å². The minimum absolute atomic E-state index is 0.00339. The normalized spacial score (nSPS) is 16.5. The van der Waals surface area contributed by atoms with E-state index in [4.69, 9.17) is 23.8 Å². The van der Waals surface area contributed by atoms with Crippen LogP contribution in [0.2, 0.25) is 5.02 Å². The lowest BCUT2D eigenvalue weighted by molar-refractivity contribution is -0.122. The summed E-state index contributed by atoms with van der Waals surface area (Å²) in [6, 6.07) is 13.1. The van der Waals surface area contributed by atoms with Gasteiger partial charge in [-0.05, 0) is 48.6 Å². The second-order valence-electron chi connectivity index (χ2n) is 5.00. The molecule has 2 amide bonds. The third-order valence-electron chi connectivity index (χ3n) is 3.41. The summed E-state index contributed by atoms with van der Waals surface area (Å²) >= 11 is 11.0. The van der Waals surface area contributed by atoms with Gasteiger partial charge in [-0.3, -0.25) is 19.8 Å². The number of carbonyl (C=O) groups is 2. The summed E-state index contributed by atoms with van der Waals surface area (Å²) in [6.07, 6.45) is 1.29. The van der Waals surface area contributed by atoms with Gasteiger partial charge in [-0.1, -0.05) is 29.8 Å². The minimum atomic E-state index is -0.628. The van der Waals surface area contributed by atoms with Crippen molar-refractivity contribution in [3.8, 4) is 5.75 Å². The van der Waals surface area contributed by atoms with Crippen molar-refractivity contribution >= 4 is 52.5 Å². The Balaban J connectivity index is 2.06. The van der Waals surface area contributed by atoms with Gasteiger partial charge in [-0.2, -0.15) is 0 Å². The van der Waals surface area contributed by atoms with Crippen LogP contribution in [0.3, 0.4) is 0 Å². The Kier molecular flexibility index (Phi) is 4.33. The predicted molar refractivity (Wildman–Crippen MR) is 95.8 cm³/mol. The number of carbonyl (C=O) groups excluding carboxylic acids is 2. The number of rotatable bonds is 2. The Morgan fingerprint density at radius 3 is 2.54 bits per heavy atom. The molecule has 1 heterocycles. The highest BCUT2D eigenvalue weighted by Crippen LogP contribution is 2.26. The highest BCUT2D eigenvalue weighted by molar-refractivity contribution is 7.80. The van der Waals surface area contributed by atoms with E-state index in [0.717, 1.165) is 0 Å². The van der Waals surface area contributed by atoms with Crippen LogP contribution in [0.1, 0.15) is 5.56 Å². The van der Waals surface area contributed by atoms with E-state index in [1.54, 1.807) is 30.3 Å². The molecule has 2 aromatic rings. The first-order valence-corrected chi connectivity index (χ1v) is 7.71. The van der Waals surface area contributed by atoms with Crippen molar-refractivity contribution in [2.75, 3.05) is 4.90 Å². The van der Waals surface area contributed by atoms with Gasteiger partial charge in [0.05, 0.1) is 5.69 Å². The summed E-state index contributed by atoms with van der Waals surface area (Å²) in [4.78, 5) is 26.1. The molecule has 0 aromatic heterocycles. The Morgan fingerprint density at radius 1 is 1.12 bits per heavy atom. The van der Waals surface area contributed by atoms with Crippen LogP contribution in [0, 0.1) is 0 Å². The summed E-state index contributed by atoms with van der Waals surface area (Å²) < 4.78 is 0. The molecule has 0 bridgehead atoms. The van der Waals surface area contributed by atoms with Crippen LogP contribution in [0.25, 0.3) is 6.08 Å². The summed E-state index contributed by atoms with van der Waals surface area (Å²) in [6.45, 7) is 0. The lowest BCUT2D eigenvalue weighted by Crippen LogP contribution is -2.54. The second kappa shape index (κ2) is 6.43. The maximum absolute atomic E-state index is 12.7. The maximum Gasteiger partial charge on any atom is 0.270 e. The molecule has 24 heavy (non-hydrogen) atoms. The largest absolute Gasteiger partial charge is 0.507 e. The molecule has 1 fully saturated rings. The van der Waals surface area contributed by atoms with E-state index in [9.17, 15) is 14.7 Å². The fourth-order valence-electron chi connectivity index (χ4n) is 2.27. The third-order valence-corrected chi connectivity index (χ3v) is 3.93. The molecule has 0 atom stereocenters. The smallest absolute Gasteiger partial charge is 0.270 e. The Hall–Kier alpha value is -2.70. The van der Waals surface area contributed by atoms with Crippen LogP contribution in [-0.4, -0.2) is 22.0 Å². The van der Waals surface area contributed by atoms with Gasteiger partial charge in [0.2, 0.25) is 0 Å². The van der Waals surface area contributed by atoms with Gasteiger partial charge < -0.3 is 5.11 Å². The molecule has 2 aromatic carbocycles. The number of phenolic OH excluding ortho intramolecular Hbond substituents is 1. The Labute approximate surface area is 148 Å². The molecule has 1 aliphatic heterocycles. The third kappa shape index (κ3) is 3.02. The van der Waals surface area contributed by atoms with Gasteiger partial charge in [0, 0.05) is 10.6 Å². The predicted octanol–water partition coefficient (Wildman–Crippen LogP) is 2.88. The van der Waals surface area contributed by atoms with Crippen molar-refractivity contribution in [1.82, 2.24) is 5.32 Å². The number of thiocarbonyl (C=S) groups is 1. The molecule has 3 rings (SSSR count). The van der Waals surface area contributed by atoms with Crippen LogP contribution in [0.15, 0.2) is 54.1 Å². The fourth-order valence-corrected chi connectivity index (χ4v) is 2.73. The molecule has 0 spiro atoms. The van der Waals surface area contributed by atoms with E-state index in [-0.39, 0.29) is 22.0 Å². The lowest BCUT2D eigenvalue weighted by atomic mass is 10.1. The molecule has 2 N–H and O–H groups in total. The number of hydrogen-bond donors (Lipinski definition) is 2. The number of nitrogens with one attached hydrogen (secondary N) is 1. The van der Waals surface area contributed by atoms with Crippen LogP contribution < -0.4 is 10.2 Å². The van der Waals surface area contributed by atoms with Crippen molar-refractivity contribution < 1.29 is 14.7 Å². The van der Waals surface area contributed by atoms with Crippen molar-refractivity contribution in [2.24, 2.45) is 0 Å². The number of para-hydroxylation sites is 1. The molecule has 0 saturated carbocycles. The van der Waals surface area contributed by atoms with Crippen molar-refractivity contribution in [2.45, 2.75) is 0 Å². The average Bonchev–Trinajstić information content (AvgIpc) is 2.55. The zero-order chi connectivity index (χ0) is 17.3. The Bertz CT molecular complexity index is 881. The topological polar surface area (TPSA) is 69.6 Å². The van der Waals surface area contributed by atoms with E-state index in [0.29, 0.717) is 10.7 Å². The summed E-state index contributed by atoms with van der Waals surface area (Å²) in [5.41, 5.74) is 0.653. The van der Waals surface area contributed by atoms with Crippen molar-refractivity contribution in [3.63, 3.8) is 0 Å². The van der Waals surface area contributed by atoms with Crippen LogP contribution in [-0.2, 0) is 9.59 Å². The molecule has 0 radical (unpaired) electrons. The molecule has 5 nitrogen and oxygen atoms in total. The number of anilines is 1. The highest BCUT2D eigenvalue weighted by Gasteiger charge is 2.34. The minimum Gasteiger partial charge on any atom is -0.507 e. The lowest BCUT2D eigenvalue weighted by Gasteiger charge is -2.28. The fraction of sp³-hybridized carbons (Fsp3) is 0. The number of aromatic hydroxyl groups is 1. The van der Waals surface area contributed by atoms with E-state index in [1.165, 1.54) is 29.2 Å². The van der Waals surface area contributed by atoms with Crippen LogP contribution >= 0.6 is 23.8 Å². The first kappa shape index (κ1) is 16.2. The number of amides is 2. The van der Waals surface area contributed by atoms with Gasteiger partial charge in [-0.15, -0.1) is 0 Å². The summed E-state index contributed by atoms with van der Waals surface area (Å²) in [7, 11) is 0. The average molecular weight is 359 g/mol. The number of benzene rings is 2. The first-order chi connectivity index (χ1) is 11.5. The molecule has 1 aliphatic rings. The molecule has 0 aliphatic carbocycles. The zero-order valence-corrected chi connectivity index (χ0v) is 13.8. The quantitative estimate of drug-likeness (QED) is 0.492.